The van der Waals surface area contributed by atoms with Crippen molar-refractivity contribution in [2.45, 2.75) is 50.0 Å². The molecule has 0 aromatic heterocycles. The molecule has 1 saturated carbocycles. The summed E-state index contributed by atoms with van der Waals surface area (Å²) in [6, 6.07) is 9.18. The Hall–Kier alpha value is -1.70. The standard InChI is InChI=1S/C24H29F4NO2/c25-21-15-23(30,12-7-20(21)19-5-2-1-3-6-19)31-16-18-8-13-29(14-9-18)17-22(10-4-11-22)24(26,27)28/h1-3,5-7,12,15,18,20,30H,4,8-11,13-14,16-17H2. The number of nitrogens with zero attached hydrogens (tertiary/aromatic N) is 1. The fraction of sp³-hybridized carbons (Fsp3) is 0.583. The Balaban J connectivity index is 1.26. The van der Waals surface area contributed by atoms with Crippen molar-refractivity contribution < 1.29 is 27.4 Å². The van der Waals surface area contributed by atoms with Crippen molar-refractivity contribution in [3.8, 4) is 0 Å². The molecule has 2 atom stereocenters. The molecule has 170 valence electrons. The Morgan fingerprint density at radius 1 is 1.10 bits per heavy atom. The highest BCUT2D eigenvalue weighted by Crippen LogP contribution is 2.53. The summed E-state index contributed by atoms with van der Waals surface area (Å²) in [5.74, 6) is -2.68. The van der Waals surface area contributed by atoms with Crippen LogP contribution in [-0.2, 0) is 4.74 Å². The van der Waals surface area contributed by atoms with Gasteiger partial charge in [0.05, 0.1) is 17.9 Å². The van der Waals surface area contributed by atoms with Gasteiger partial charge in [0, 0.05) is 12.6 Å². The fourth-order valence-electron chi connectivity index (χ4n) is 4.81. The molecule has 3 aliphatic rings. The Kier molecular flexibility index (Phi) is 6.30. The van der Waals surface area contributed by atoms with E-state index in [0.717, 1.165) is 11.6 Å². The molecular weight excluding hydrogens is 410 g/mol. The van der Waals surface area contributed by atoms with Crippen LogP contribution >= 0.6 is 0 Å². The monoisotopic (exact) mass is 439 g/mol. The molecule has 7 heteroatoms. The molecule has 0 spiro atoms. The van der Waals surface area contributed by atoms with Gasteiger partial charge in [0.15, 0.2) is 0 Å². The number of alkyl halides is 3. The Morgan fingerprint density at radius 2 is 1.77 bits per heavy atom. The number of rotatable bonds is 6. The maximum absolute atomic E-state index is 14.6. The second kappa shape index (κ2) is 8.68. The van der Waals surface area contributed by atoms with Crippen LogP contribution in [0, 0.1) is 11.3 Å². The van der Waals surface area contributed by atoms with E-state index in [2.05, 4.69) is 0 Å². The summed E-state index contributed by atoms with van der Waals surface area (Å²) in [6.07, 6.45) is 2.51. The van der Waals surface area contributed by atoms with Crippen LogP contribution in [0.15, 0.2) is 54.4 Å². The van der Waals surface area contributed by atoms with E-state index in [1.54, 1.807) is 6.08 Å². The van der Waals surface area contributed by atoms with Crippen LogP contribution in [0.3, 0.4) is 0 Å². The molecule has 1 aromatic carbocycles. The van der Waals surface area contributed by atoms with Gasteiger partial charge in [-0.25, -0.2) is 4.39 Å². The lowest BCUT2D eigenvalue weighted by atomic mass is 9.67. The number of halogens is 4. The predicted octanol–water partition coefficient (Wildman–Crippen LogP) is 5.34. The summed E-state index contributed by atoms with van der Waals surface area (Å²) in [6.45, 7) is 1.48. The zero-order chi connectivity index (χ0) is 22.1. The maximum atomic E-state index is 14.6. The molecule has 3 nitrogen and oxygen atoms in total. The van der Waals surface area contributed by atoms with Crippen LogP contribution in [0.25, 0.3) is 0 Å². The summed E-state index contributed by atoms with van der Waals surface area (Å²) in [5, 5.41) is 10.6. The van der Waals surface area contributed by atoms with Crippen molar-refractivity contribution in [2.75, 3.05) is 26.2 Å². The molecule has 0 bridgehead atoms. The van der Waals surface area contributed by atoms with Crippen LogP contribution in [0.5, 0.6) is 0 Å². The number of ether oxygens (including phenoxy) is 1. The van der Waals surface area contributed by atoms with E-state index < -0.39 is 29.1 Å². The van der Waals surface area contributed by atoms with Crippen LogP contribution in [0.4, 0.5) is 17.6 Å². The van der Waals surface area contributed by atoms with E-state index >= 15 is 0 Å². The number of hydrogen-bond donors (Lipinski definition) is 1. The third-order valence-electron chi connectivity index (χ3n) is 7.02. The van der Waals surface area contributed by atoms with E-state index in [-0.39, 0.29) is 31.9 Å². The van der Waals surface area contributed by atoms with Gasteiger partial charge in [0.1, 0.15) is 5.83 Å². The predicted molar refractivity (Wildman–Crippen MR) is 110 cm³/mol. The van der Waals surface area contributed by atoms with Crippen molar-refractivity contribution >= 4 is 0 Å². The van der Waals surface area contributed by atoms with E-state index in [9.17, 15) is 22.7 Å². The fourth-order valence-corrected chi connectivity index (χ4v) is 4.81. The molecule has 1 N–H and O–H groups in total. The minimum atomic E-state index is -4.14. The van der Waals surface area contributed by atoms with Gasteiger partial charge in [-0.2, -0.15) is 13.2 Å². The first-order chi connectivity index (χ1) is 14.7. The first-order valence-corrected chi connectivity index (χ1v) is 11.0. The van der Waals surface area contributed by atoms with Crippen LogP contribution < -0.4 is 0 Å². The average molecular weight is 439 g/mol. The molecule has 2 unspecified atom stereocenters. The molecule has 2 aliphatic carbocycles. The normalized spacial score (nSPS) is 29.5. The summed E-state index contributed by atoms with van der Waals surface area (Å²) >= 11 is 0. The quantitative estimate of drug-likeness (QED) is 0.369. The lowest BCUT2D eigenvalue weighted by Crippen LogP contribution is -2.53. The van der Waals surface area contributed by atoms with Gasteiger partial charge in [-0.05, 0) is 56.3 Å². The van der Waals surface area contributed by atoms with Crippen molar-refractivity contribution in [1.29, 1.82) is 0 Å². The Morgan fingerprint density at radius 3 is 2.32 bits per heavy atom. The van der Waals surface area contributed by atoms with Gasteiger partial charge in [-0.1, -0.05) is 42.8 Å². The Labute approximate surface area is 180 Å². The molecule has 1 saturated heterocycles. The molecule has 31 heavy (non-hydrogen) atoms. The smallest absolute Gasteiger partial charge is 0.359 e. The number of benzene rings is 1. The third kappa shape index (κ3) is 4.89. The molecular formula is C24H29F4NO2. The lowest BCUT2D eigenvalue weighted by Gasteiger charge is -2.47. The van der Waals surface area contributed by atoms with Gasteiger partial charge >= 0.3 is 6.18 Å². The van der Waals surface area contributed by atoms with Crippen LogP contribution in [0.1, 0.15) is 43.6 Å². The third-order valence-corrected chi connectivity index (χ3v) is 7.02. The first-order valence-electron chi connectivity index (χ1n) is 11.0. The van der Waals surface area contributed by atoms with E-state index in [1.807, 2.05) is 35.2 Å². The van der Waals surface area contributed by atoms with E-state index in [4.69, 9.17) is 4.74 Å². The SMILES string of the molecule is OC1(OCC2CCN(CC3(C(F)(F)F)CCC3)CC2)C=CC(c2ccccc2)C(F)=C1. The number of hydrogen-bond acceptors (Lipinski definition) is 3. The molecule has 0 radical (unpaired) electrons. The maximum Gasteiger partial charge on any atom is 0.395 e. The Bertz CT molecular complexity index is 811. The minimum absolute atomic E-state index is 0.0750. The summed E-state index contributed by atoms with van der Waals surface area (Å²) in [7, 11) is 0. The number of aliphatic hydroxyl groups is 1. The van der Waals surface area contributed by atoms with Gasteiger partial charge < -0.3 is 14.7 Å². The first kappa shape index (κ1) is 22.5. The molecule has 4 rings (SSSR count). The average Bonchev–Trinajstić information content (AvgIpc) is 2.70. The lowest BCUT2D eigenvalue weighted by molar-refractivity contribution is -0.257. The van der Waals surface area contributed by atoms with Gasteiger partial charge in [0.2, 0.25) is 5.79 Å². The van der Waals surface area contributed by atoms with Crippen LogP contribution in [-0.4, -0.2) is 48.2 Å². The summed E-state index contributed by atoms with van der Waals surface area (Å²) in [5.41, 5.74) is -0.735. The zero-order valence-electron chi connectivity index (χ0n) is 17.5. The largest absolute Gasteiger partial charge is 0.395 e. The van der Waals surface area contributed by atoms with E-state index in [1.165, 1.54) is 6.08 Å². The highest BCUT2D eigenvalue weighted by atomic mass is 19.4. The van der Waals surface area contributed by atoms with Gasteiger partial charge in [0.25, 0.3) is 0 Å². The molecule has 1 aromatic rings. The molecule has 2 fully saturated rings. The number of allylic oxidation sites excluding steroid dienone is 2. The number of piperidine rings is 1. The topological polar surface area (TPSA) is 32.7 Å². The van der Waals surface area contributed by atoms with Crippen molar-refractivity contribution in [3.63, 3.8) is 0 Å². The zero-order valence-corrected chi connectivity index (χ0v) is 17.5. The van der Waals surface area contributed by atoms with Crippen molar-refractivity contribution in [2.24, 2.45) is 11.3 Å². The summed E-state index contributed by atoms with van der Waals surface area (Å²) < 4.78 is 60.5. The van der Waals surface area contributed by atoms with E-state index in [0.29, 0.717) is 32.4 Å². The van der Waals surface area contributed by atoms with Gasteiger partial charge in [-0.3, -0.25) is 0 Å². The highest BCUT2D eigenvalue weighted by molar-refractivity contribution is 5.36. The van der Waals surface area contributed by atoms with Crippen molar-refractivity contribution in [3.05, 3.63) is 60.0 Å². The molecule has 1 aliphatic heterocycles. The van der Waals surface area contributed by atoms with Crippen molar-refractivity contribution in [1.82, 2.24) is 4.90 Å². The van der Waals surface area contributed by atoms with Gasteiger partial charge in [-0.15, -0.1) is 0 Å². The second-order valence-corrected chi connectivity index (χ2v) is 9.19. The summed E-state index contributed by atoms with van der Waals surface area (Å²) in [4.78, 5) is 1.91. The van der Waals surface area contributed by atoms with Crippen LogP contribution in [0.2, 0.25) is 0 Å². The molecule has 1 heterocycles. The number of likely N-dealkylation sites (tertiary alicyclic amines) is 1. The minimum Gasteiger partial charge on any atom is -0.359 e. The molecule has 0 amide bonds. The second-order valence-electron chi connectivity index (χ2n) is 9.19. The highest BCUT2D eigenvalue weighted by Gasteiger charge is 2.58.